The van der Waals surface area contributed by atoms with Crippen LogP contribution in [0.25, 0.3) is 0 Å². The van der Waals surface area contributed by atoms with Crippen molar-refractivity contribution < 1.29 is 0 Å². The van der Waals surface area contributed by atoms with Gasteiger partial charge < -0.3 is 5.32 Å². The standard InChI is InChI=1S/C13H28N2/c1-5-15(11(2)3)9-8-14-13-7-6-12(4)10-13/h11-14H,5-10H2,1-4H3. The molecule has 0 heterocycles. The third-order valence-electron chi connectivity index (χ3n) is 3.66. The molecule has 0 aromatic carbocycles. The van der Waals surface area contributed by atoms with E-state index < -0.39 is 0 Å². The summed E-state index contributed by atoms with van der Waals surface area (Å²) < 4.78 is 0. The van der Waals surface area contributed by atoms with Crippen LogP contribution < -0.4 is 5.32 Å². The Morgan fingerprint density at radius 1 is 1.33 bits per heavy atom. The topological polar surface area (TPSA) is 15.3 Å². The summed E-state index contributed by atoms with van der Waals surface area (Å²) in [7, 11) is 0. The van der Waals surface area contributed by atoms with E-state index in [-0.39, 0.29) is 0 Å². The van der Waals surface area contributed by atoms with Crippen molar-refractivity contribution in [2.45, 2.75) is 59.0 Å². The average Bonchev–Trinajstić information content (AvgIpc) is 2.58. The second kappa shape index (κ2) is 6.49. The van der Waals surface area contributed by atoms with Gasteiger partial charge in [-0.25, -0.2) is 0 Å². The van der Waals surface area contributed by atoms with Crippen LogP contribution in [0.3, 0.4) is 0 Å². The molecular weight excluding hydrogens is 184 g/mol. The van der Waals surface area contributed by atoms with Gasteiger partial charge in [0.1, 0.15) is 0 Å². The van der Waals surface area contributed by atoms with Crippen molar-refractivity contribution in [1.29, 1.82) is 0 Å². The first kappa shape index (κ1) is 13.0. The molecular formula is C13H28N2. The maximum atomic E-state index is 3.69. The van der Waals surface area contributed by atoms with Gasteiger partial charge in [0.2, 0.25) is 0 Å². The molecule has 0 spiro atoms. The van der Waals surface area contributed by atoms with Crippen LogP contribution in [0.4, 0.5) is 0 Å². The molecule has 2 unspecified atom stereocenters. The van der Waals surface area contributed by atoms with Gasteiger partial charge >= 0.3 is 0 Å². The fourth-order valence-corrected chi connectivity index (χ4v) is 2.59. The van der Waals surface area contributed by atoms with Gasteiger partial charge in [-0.1, -0.05) is 13.8 Å². The van der Waals surface area contributed by atoms with Crippen molar-refractivity contribution in [2.24, 2.45) is 5.92 Å². The predicted molar refractivity (Wildman–Crippen MR) is 67.2 cm³/mol. The monoisotopic (exact) mass is 212 g/mol. The van der Waals surface area contributed by atoms with Crippen LogP contribution in [0.15, 0.2) is 0 Å². The van der Waals surface area contributed by atoms with Crippen molar-refractivity contribution in [1.82, 2.24) is 10.2 Å². The zero-order chi connectivity index (χ0) is 11.3. The maximum Gasteiger partial charge on any atom is 0.0110 e. The molecule has 0 aromatic heterocycles. The molecule has 0 radical (unpaired) electrons. The Morgan fingerprint density at radius 3 is 2.53 bits per heavy atom. The SMILES string of the molecule is CCN(CCNC1CCC(C)C1)C(C)C. The van der Waals surface area contributed by atoms with Crippen molar-refractivity contribution in [2.75, 3.05) is 19.6 Å². The van der Waals surface area contributed by atoms with E-state index >= 15 is 0 Å². The van der Waals surface area contributed by atoms with Crippen LogP contribution in [0.5, 0.6) is 0 Å². The van der Waals surface area contributed by atoms with Gasteiger partial charge in [0, 0.05) is 25.2 Å². The van der Waals surface area contributed by atoms with Gasteiger partial charge in [0.15, 0.2) is 0 Å². The van der Waals surface area contributed by atoms with Crippen molar-refractivity contribution in [3.63, 3.8) is 0 Å². The first-order valence-electron chi connectivity index (χ1n) is 6.61. The van der Waals surface area contributed by atoms with Crippen LogP contribution in [-0.4, -0.2) is 36.6 Å². The zero-order valence-electron chi connectivity index (χ0n) is 10.9. The Kier molecular flexibility index (Phi) is 5.62. The maximum absolute atomic E-state index is 3.69. The minimum atomic E-state index is 0.680. The molecule has 0 amide bonds. The van der Waals surface area contributed by atoms with Crippen LogP contribution >= 0.6 is 0 Å². The zero-order valence-corrected chi connectivity index (χ0v) is 10.9. The Morgan fingerprint density at radius 2 is 2.07 bits per heavy atom. The van der Waals surface area contributed by atoms with Gasteiger partial charge in [-0.05, 0) is 45.6 Å². The number of nitrogens with zero attached hydrogens (tertiary/aromatic N) is 1. The van der Waals surface area contributed by atoms with Gasteiger partial charge in [0.25, 0.3) is 0 Å². The highest BCUT2D eigenvalue weighted by Gasteiger charge is 2.20. The second-order valence-corrected chi connectivity index (χ2v) is 5.29. The molecule has 1 saturated carbocycles. The van der Waals surface area contributed by atoms with Crippen molar-refractivity contribution in [3.05, 3.63) is 0 Å². The molecule has 90 valence electrons. The van der Waals surface area contributed by atoms with E-state index in [1.54, 1.807) is 0 Å². The highest BCUT2D eigenvalue weighted by molar-refractivity contribution is 4.78. The normalized spacial score (nSPS) is 26.8. The van der Waals surface area contributed by atoms with Gasteiger partial charge in [0.05, 0.1) is 0 Å². The van der Waals surface area contributed by atoms with Gasteiger partial charge in [-0.15, -0.1) is 0 Å². The Balaban J connectivity index is 2.10. The van der Waals surface area contributed by atoms with Gasteiger partial charge in [-0.3, -0.25) is 4.90 Å². The number of hydrogen-bond donors (Lipinski definition) is 1. The lowest BCUT2D eigenvalue weighted by Gasteiger charge is -2.25. The van der Waals surface area contributed by atoms with E-state index in [0.29, 0.717) is 6.04 Å². The Hall–Kier alpha value is -0.0800. The lowest BCUT2D eigenvalue weighted by Crippen LogP contribution is -2.39. The molecule has 1 aliphatic rings. The number of hydrogen-bond acceptors (Lipinski definition) is 2. The number of nitrogens with one attached hydrogen (secondary N) is 1. The highest BCUT2D eigenvalue weighted by Crippen LogP contribution is 2.24. The van der Waals surface area contributed by atoms with E-state index in [4.69, 9.17) is 0 Å². The Bertz CT molecular complexity index is 168. The van der Waals surface area contributed by atoms with E-state index in [1.165, 1.54) is 32.4 Å². The molecule has 2 atom stereocenters. The first-order chi connectivity index (χ1) is 7.13. The average molecular weight is 212 g/mol. The third-order valence-corrected chi connectivity index (χ3v) is 3.66. The third kappa shape index (κ3) is 4.52. The Labute approximate surface area is 95.4 Å². The quantitative estimate of drug-likeness (QED) is 0.728. The molecule has 1 aliphatic carbocycles. The van der Waals surface area contributed by atoms with Crippen LogP contribution in [0.1, 0.15) is 47.0 Å². The molecule has 0 aliphatic heterocycles. The van der Waals surface area contributed by atoms with Crippen molar-refractivity contribution >= 4 is 0 Å². The fraction of sp³-hybridized carbons (Fsp3) is 1.00. The molecule has 0 saturated heterocycles. The molecule has 1 rings (SSSR count). The summed E-state index contributed by atoms with van der Waals surface area (Å²) in [6.07, 6.45) is 4.18. The van der Waals surface area contributed by atoms with E-state index in [1.807, 2.05) is 0 Å². The molecule has 1 fully saturated rings. The van der Waals surface area contributed by atoms with Crippen molar-refractivity contribution in [3.8, 4) is 0 Å². The van der Waals surface area contributed by atoms with E-state index in [2.05, 4.69) is 37.9 Å². The summed E-state index contributed by atoms with van der Waals surface area (Å²) in [5, 5.41) is 3.69. The predicted octanol–water partition coefficient (Wildman–Crippen LogP) is 2.49. The fourth-order valence-electron chi connectivity index (χ4n) is 2.59. The largest absolute Gasteiger partial charge is 0.313 e. The molecule has 2 heteroatoms. The first-order valence-corrected chi connectivity index (χ1v) is 6.61. The lowest BCUT2D eigenvalue weighted by atomic mass is 10.1. The van der Waals surface area contributed by atoms with E-state index in [9.17, 15) is 0 Å². The smallest absolute Gasteiger partial charge is 0.0110 e. The lowest BCUT2D eigenvalue weighted by molar-refractivity contribution is 0.230. The minimum absolute atomic E-state index is 0.680. The second-order valence-electron chi connectivity index (χ2n) is 5.29. The molecule has 15 heavy (non-hydrogen) atoms. The number of rotatable bonds is 6. The van der Waals surface area contributed by atoms with Gasteiger partial charge in [-0.2, -0.15) is 0 Å². The highest BCUT2D eigenvalue weighted by atomic mass is 15.2. The minimum Gasteiger partial charge on any atom is -0.313 e. The molecule has 1 N–H and O–H groups in total. The summed E-state index contributed by atoms with van der Waals surface area (Å²) in [6, 6.07) is 1.48. The molecule has 0 aromatic rings. The summed E-state index contributed by atoms with van der Waals surface area (Å²) in [4.78, 5) is 2.52. The van der Waals surface area contributed by atoms with E-state index in [0.717, 1.165) is 18.5 Å². The molecule has 0 bridgehead atoms. The molecule has 2 nitrogen and oxygen atoms in total. The van der Waals surface area contributed by atoms with Crippen LogP contribution in [0, 0.1) is 5.92 Å². The van der Waals surface area contributed by atoms with Crippen LogP contribution in [-0.2, 0) is 0 Å². The summed E-state index contributed by atoms with van der Waals surface area (Å²) in [5.74, 6) is 0.940. The number of likely N-dealkylation sites (N-methyl/N-ethyl adjacent to an activating group) is 1. The summed E-state index contributed by atoms with van der Waals surface area (Å²) >= 11 is 0. The van der Waals surface area contributed by atoms with Crippen LogP contribution in [0.2, 0.25) is 0 Å². The summed E-state index contributed by atoms with van der Waals surface area (Å²) in [5.41, 5.74) is 0. The summed E-state index contributed by atoms with van der Waals surface area (Å²) in [6.45, 7) is 12.7.